The van der Waals surface area contributed by atoms with Crippen LogP contribution in [-0.2, 0) is 19.7 Å². The van der Waals surface area contributed by atoms with Gasteiger partial charge in [-0.15, -0.1) is 0 Å². The van der Waals surface area contributed by atoms with Crippen LogP contribution in [0.1, 0.15) is 6.92 Å². The van der Waals surface area contributed by atoms with Crippen LogP contribution in [0.2, 0.25) is 0 Å². The van der Waals surface area contributed by atoms with E-state index in [-0.39, 0.29) is 0 Å². The van der Waals surface area contributed by atoms with E-state index >= 15 is 0 Å². The van der Waals surface area contributed by atoms with Crippen LogP contribution in [-0.4, -0.2) is 23.2 Å². The van der Waals surface area contributed by atoms with Crippen molar-refractivity contribution in [2.24, 2.45) is 0 Å². The fourth-order valence-electron chi connectivity index (χ4n) is 0.312. The molecule has 1 amide bonds. The van der Waals surface area contributed by atoms with Gasteiger partial charge in [0, 0.05) is 6.92 Å². The van der Waals surface area contributed by atoms with E-state index in [4.69, 9.17) is 5.11 Å². The molecule has 6 heteroatoms. The molecule has 0 aromatic carbocycles. The molecule has 0 aliphatic carbocycles. The van der Waals surface area contributed by atoms with Gasteiger partial charge in [0.1, 0.15) is 0 Å². The number of amides is 1. The van der Waals surface area contributed by atoms with Crippen molar-refractivity contribution in [1.82, 2.24) is 5.32 Å². The fraction of sp³-hybridized carbons (Fsp3) is 0.500. The first-order valence-electron chi connectivity index (χ1n) is 2.36. The third-order valence-electron chi connectivity index (χ3n) is 0.655. The van der Waals surface area contributed by atoms with Crippen LogP contribution in [0.25, 0.3) is 0 Å². The van der Waals surface area contributed by atoms with Crippen LogP contribution in [0.15, 0.2) is 0 Å². The lowest BCUT2D eigenvalue weighted by atomic mass is 10.5. The molecule has 0 rings (SSSR count). The Kier molecular flexibility index (Phi) is 3.37. The smallest absolute Gasteiger partial charge is 0.357 e. The summed E-state index contributed by atoms with van der Waals surface area (Å²) in [5, 5.41) is 19.3. The molecule has 1 unspecified atom stereocenters. The van der Waals surface area contributed by atoms with Crippen molar-refractivity contribution in [2.75, 3.05) is 0 Å². The molecule has 1 atom stereocenters. The highest BCUT2D eigenvalue weighted by Gasteiger charge is 2.18. The second kappa shape index (κ2) is 3.80. The first-order valence-corrected chi connectivity index (χ1v) is 2.36. The molecule has 6 nitrogen and oxygen atoms in total. The summed E-state index contributed by atoms with van der Waals surface area (Å²) >= 11 is 0. The van der Waals surface area contributed by atoms with Crippen molar-refractivity contribution in [2.45, 2.75) is 13.2 Å². The quantitative estimate of drug-likeness (QED) is 0.301. The number of carbonyl (C=O) groups is 2. The average molecular weight is 148 g/mol. The molecule has 0 spiro atoms. The SMILES string of the molecule is CC(=O)NC(O[O])C(=O)O. The molecule has 0 bridgehead atoms. The molecule has 1 radical (unpaired) electrons. The van der Waals surface area contributed by atoms with Crippen LogP contribution < -0.4 is 5.32 Å². The highest BCUT2D eigenvalue weighted by atomic mass is 17.1. The molecule has 0 heterocycles. The van der Waals surface area contributed by atoms with Gasteiger partial charge in [0.2, 0.25) is 5.91 Å². The normalized spacial score (nSPS) is 12.2. The van der Waals surface area contributed by atoms with Crippen molar-refractivity contribution >= 4 is 11.9 Å². The summed E-state index contributed by atoms with van der Waals surface area (Å²) in [7, 11) is 0. The van der Waals surface area contributed by atoms with Crippen LogP contribution in [0, 0.1) is 0 Å². The first-order chi connectivity index (χ1) is 4.57. The van der Waals surface area contributed by atoms with Gasteiger partial charge in [-0.2, -0.15) is 4.89 Å². The van der Waals surface area contributed by atoms with Gasteiger partial charge in [0.05, 0.1) is 0 Å². The minimum Gasteiger partial charge on any atom is -0.478 e. The van der Waals surface area contributed by atoms with Crippen molar-refractivity contribution in [1.29, 1.82) is 0 Å². The molecule has 0 saturated heterocycles. The zero-order valence-electron chi connectivity index (χ0n) is 5.16. The molecule has 0 aromatic heterocycles. The zero-order chi connectivity index (χ0) is 8.15. The molecule has 0 aliphatic rings. The molecule has 2 N–H and O–H groups in total. The Bertz CT molecular complexity index is 145. The summed E-state index contributed by atoms with van der Waals surface area (Å²) < 4.78 is 0. The third-order valence-corrected chi connectivity index (χ3v) is 0.655. The Morgan fingerprint density at radius 3 is 2.20 bits per heavy atom. The number of carboxylic acids is 1. The van der Waals surface area contributed by atoms with Gasteiger partial charge in [0.15, 0.2) is 0 Å². The second-order valence-electron chi connectivity index (χ2n) is 1.52. The topological polar surface area (TPSA) is 95.5 Å². The van der Waals surface area contributed by atoms with Crippen molar-refractivity contribution in [3.63, 3.8) is 0 Å². The maximum Gasteiger partial charge on any atom is 0.357 e. The van der Waals surface area contributed by atoms with E-state index in [1.165, 1.54) is 0 Å². The van der Waals surface area contributed by atoms with E-state index in [9.17, 15) is 14.8 Å². The molecule has 0 fully saturated rings. The largest absolute Gasteiger partial charge is 0.478 e. The minimum absolute atomic E-state index is 0.636. The van der Waals surface area contributed by atoms with Crippen LogP contribution in [0.5, 0.6) is 0 Å². The Hall–Kier alpha value is -1.14. The summed E-state index contributed by atoms with van der Waals surface area (Å²) in [4.78, 5) is 23.2. The molecule has 0 aromatic rings. The molecule has 57 valence electrons. The van der Waals surface area contributed by atoms with E-state index in [1.54, 1.807) is 5.32 Å². The number of carbonyl (C=O) groups excluding carboxylic acids is 1. The van der Waals surface area contributed by atoms with Crippen LogP contribution in [0.4, 0.5) is 0 Å². The van der Waals surface area contributed by atoms with Gasteiger partial charge in [-0.1, -0.05) is 0 Å². The number of nitrogens with one attached hydrogen (secondary N) is 1. The molecule has 0 saturated carbocycles. The number of carboxylic acid groups (broad SMARTS) is 1. The number of rotatable bonds is 3. The molecular weight excluding hydrogens is 142 g/mol. The Morgan fingerprint density at radius 2 is 2.10 bits per heavy atom. The van der Waals surface area contributed by atoms with E-state index in [1.807, 2.05) is 0 Å². The van der Waals surface area contributed by atoms with Crippen molar-refractivity contribution in [3.8, 4) is 0 Å². The Morgan fingerprint density at radius 1 is 1.60 bits per heavy atom. The first kappa shape index (κ1) is 8.86. The number of hydrogen-bond donors (Lipinski definition) is 2. The van der Waals surface area contributed by atoms with Gasteiger partial charge < -0.3 is 10.4 Å². The summed E-state index contributed by atoms with van der Waals surface area (Å²) in [6.45, 7) is 1.08. The summed E-state index contributed by atoms with van der Waals surface area (Å²) in [5.41, 5.74) is 0. The lowest BCUT2D eigenvalue weighted by Crippen LogP contribution is -2.40. The average Bonchev–Trinajstić information content (AvgIpc) is 1.81. The highest BCUT2D eigenvalue weighted by Crippen LogP contribution is 1.83. The van der Waals surface area contributed by atoms with Gasteiger partial charge in [0.25, 0.3) is 6.23 Å². The Balaban J connectivity index is 3.83. The molecule has 0 aliphatic heterocycles. The Labute approximate surface area is 56.3 Å². The predicted octanol–water partition coefficient (Wildman–Crippen LogP) is -1.10. The molecular formula is C4H6NO5. The third kappa shape index (κ3) is 3.00. The number of aliphatic carboxylic acids is 1. The van der Waals surface area contributed by atoms with E-state index < -0.39 is 18.1 Å². The standard InChI is InChI=1S/C4H6NO5/c1-2(6)5-3(10-9)4(7)8/h3H,1H3,(H,5,6)(H,7,8). The summed E-state index contributed by atoms with van der Waals surface area (Å²) in [5.74, 6) is -2.16. The van der Waals surface area contributed by atoms with Crippen molar-refractivity contribution < 1.29 is 24.8 Å². The lowest BCUT2D eigenvalue weighted by molar-refractivity contribution is -0.333. The van der Waals surface area contributed by atoms with E-state index in [0.717, 1.165) is 6.92 Å². The maximum absolute atomic E-state index is 10.1. The second-order valence-corrected chi connectivity index (χ2v) is 1.52. The van der Waals surface area contributed by atoms with Crippen LogP contribution in [0.3, 0.4) is 0 Å². The molecule has 10 heavy (non-hydrogen) atoms. The maximum atomic E-state index is 10.1. The highest BCUT2D eigenvalue weighted by molar-refractivity contribution is 5.80. The minimum atomic E-state index is -1.79. The number of hydrogen-bond acceptors (Lipinski definition) is 3. The van der Waals surface area contributed by atoms with Gasteiger partial charge in [-0.05, 0) is 5.26 Å². The van der Waals surface area contributed by atoms with Crippen LogP contribution >= 0.6 is 0 Å². The summed E-state index contributed by atoms with van der Waals surface area (Å²) in [6.07, 6.45) is -1.79. The zero-order valence-corrected chi connectivity index (χ0v) is 5.16. The van der Waals surface area contributed by atoms with E-state index in [0.29, 0.717) is 0 Å². The lowest BCUT2D eigenvalue weighted by Gasteiger charge is -2.05. The monoisotopic (exact) mass is 148 g/mol. The van der Waals surface area contributed by atoms with Gasteiger partial charge in [-0.25, -0.2) is 4.79 Å². The summed E-state index contributed by atoms with van der Waals surface area (Å²) in [6, 6.07) is 0. The van der Waals surface area contributed by atoms with E-state index in [2.05, 4.69) is 4.89 Å². The van der Waals surface area contributed by atoms with Gasteiger partial charge >= 0.3 is 5.97 Å². The predicted molar refractivity (Wildman–Crippen MR) is 27.0 cm³/mol. The fourth-order valence-corrected chi connectivity index (χ4v) is 0.312. The van der Waals surface area contributed by atoms with Crippen molar-refractivity contribution in [3.05, 3.63) is 0 Å². The van der Waals surface area contributed by atoms with Gasteiger partial charge in [-0.3, -0.25) is 4.79 Å².